The maximum atomic E-state index is 5.70. The van der Waals surface area contributed by atoms with Gasteiger partial charge in [-0.3, -0.25) is 0 Å². The van der Waals surface area contributed by atoms with Gasteiger partial charge in [0, 0.05) is 4.90 Å². The van der Waals surface area contributed by atoms with Crippen LogP contribution in [0.5, 0.6) is 11.5 Å². The first-order valence-electron chi connectivity index (χ1n) is 5.34. The monoisotopic (exact) mass is 230 g/mol. The molecule has 2 aromatic carbocycles. The molecule has 0 aromatic heterocycles. The average Bonchev–Trinajstić information content (AvgIpc) is 2.33. The fourth-order valence-electron chi connectivity index (χ4n) is 1.40. The zero-order valence-corrected chi connectivity index (χ0v) is 10.0. The molecule has 0 unspecified atom stereocenters. The maximum Gasteiger partial charge on any atom is 0.127 e. The molecule has 2 rings (SSSR count). The van der Waals surface area contributed by atoms with Gasteiger partial charge in [-0.2, -0.15) is 0 Å². The summed E-state index contributed by atoms with van der Waals surface area (Å²) in [6.45, 7) is 2.15. The summed E-state index contributed by atoms with van der Waals surface area (Å²) in [5, 5.41) is 0. The van der Waals surface area contributed by atoms with E-state index in [9.17, 15) is 0 Å². The Kier molecular flexibility index (Phi) is 3.89. The van der Waals surface area contributed by atoms with Gasteiger partial charge in [-0.15, -0.1) is 11.8 Å². The zero-order chi connectivity index (χ0) is 11.2. The smallest absolute Gasteiger partial charge is 0.127 e. The van der Waals surface area contributed by atoms with E-state index >= 15 is 0 Å². The molecular formula is C14H14OS. The van der Waals surface area contributed by atoms with E-state index in [1.54, 1.807) is 0 Å². The first-order valence-corrected chi connectivity index (χ1v) is 6.33. The molecule has 0 heterocycles. The fraction of sp³-hybridized carbons (Fsp3) is 0.143. The largest absolute Gasteiger partial charge is 0.457 e. The van der Waals surface area contributed by atoms with Crippen molar-refractivity contribution in [3.05, 3.63) is 54.6 Å². The van der Waals surface area contributed by atoms with Gasteiger partial charge in [0.1, 0.15) is 11.5 Å². The number of rotatable bonds is 4. The molecule has 2 aromatic rings. The first kappa shape index (κ1) is 11.1. The van der Waals surface area contributed by atoms with Crippen LogP contribution in [0.1, 0.15) is 6.92 Å². The first-order chi connectivity index (χ1) is 7.88. The van der Waals surface area contributed by atoms with Gasteiger partial charge < -0.3 is 4.74 Å². The summed E-state index contributed by atoms with van der Waals surface area (Å²) in [5.74, 6) is 2.85. The van der Waals surface area contributed by atoms with E-state index in [-0.39, 0.29) is 0 Å². The highest BCUT2D eigenvalue weighted by Crippen LogP contribution is 2.24. The van der Waals surface area contributed by atoms with Gasteiger partial charge in [-0.25, -0.2) is 0 Å². The van der Waals surface area contributed by atoms with Crippen LogP contribution in [-0.4, -0.2) is 5.75 Å². The third kappa shape index (κ3) is 3.04. The highest BCUT2D eigenvalue weighted by molar-refractivity contribution is 7.99. The van der Waals surface area contributed by atoms with Crippen LogP contribution in [0.2, 0.25) is 0 Å². The Bertz CT molecular complexity index is 422. The predicted octanol–water partition coefficient (Wildman–Crippen LogP) is 4.59. The van der Waals surface area contributed by atoms with Gasteiger partial charge in [0.25, 0.3) is 0 Å². The van der Waals surface area contributed by atoms with Crippen LogP contribution >= 0.6 is 11.8 Å². The minimum absolute atomic E-state index is 0.874. The molecule has 0 saturated carbocycles. The molecule has 0 fully saturated rings. The summed E-state index contributed by atoms with van der Waals surface area (Å²) in [7, 11) is 0. The van der Waals surface area contributed by atoms with Crippen molar-refractivity contribution in [2.45, 2.75) is 11.8 Å². The van der Waals surface area contributed by atoms with Crippen molar-refractivity contribution in [1.29, 1.82) is 0 Å². The van der Waals surface area contributed by atoms with E-state index in [0.717, 1.165) is 17.3 Å². The Balaban J connectivity index is 2.05. The Morgan fingerprint density at radius 1 is 0.875 bits per heavy atom. The standard InChI is InChI=1S/C14H14OS/c1-2-16-14-10-8-13(9-11-14)15-12-6-4-3-5-7-12/h3-11H,2H2,1H3. The SMILES string of the molecule is CCSc1ccc(Oc2ccccc2)cc1. The Labute approximate surface area is 100 Å². The van der Waals surface area contributed by atoms with E-state index in [1.807, 2.05) is 54.2 Å². The second kappa shape index (κ2) is 5.61. The number of ether oxygens (including phenoxy) is 1. The van der Waals surface area contributed by atoms with Crippen molar-refractivity contribution >= 4 is 11.8 Å². The minimum Gasteiger partial charge on any atom is -0.457 e. The number of hydrogen-bond acceptors (Lipinski definition) is 2. The van der Waals surface area contributed by atoms with E-state index in [1.165, 1.54) is 4.90 Å². The topological polar surface area (TPSA) is 9.23 Å². The normalized spacial score (nSPS) is 10.1. The molecule has 0 radical (unpaired) electrons. The highest BCUT2D eigenvalue weighted by atomic mass is 32.2. The fourth-order valence-corrected chi connectivity index (χ4v) is 2.06. The van der Waals surface area contributed by atoms with Crippen molar-refractivity contribution in [1.82, 2.24) is 0 Å². The lowest BCUT2D eigenvalue weighted by molar-refractivity contribution is 0.482. The molecule has 0 aliphatic carbocycles. The van der Waals surface area contributed by atoms with Crippen molar-refractivity contribution in [2.75, 3.05) is 5.75 Å². The third-order valence-electron chi connectivity index (χ3n) is 2.11. The van der Waals surface area contributed by atoms with E-state index in [2.05, 4.69) is 19.1 Å². The molecule has 0 N–H and O–H groups in total. The van der Waals surface area contributed by atoms with Crippen LogP contribution in [0, 0.1) is 0 Å². The van der Waals surface area contributed by atoms with Crippen molar-refractivity contribution in [2.24, 2.45) is 0 Å². The van der Waals surface area contributed by atoms with E-state index in [0.29, 0.717) is 0 Å². The molecule has 1 nitrogen and oxygen atoms in total. The lowest BCUT2D eigenvalue weighted by Crippen LogP contribution is -1.83. The van der Waals surface area contributed by atoms with E-state index < -0.39 is 0 Å². The molecule has 0 atom stereocenters. The Morgan fingerprint density at radius 3 is 2.12 bits per heavy atom. The lowest BCUT2D eigenvalue weighted by Gasteiger charge is -2.05. The highest BCUT2D eigenvalue weighted by Gasteiger charge is 1.96. The van der Waals surface area contributed by atoms with Gasteiger partial charge >= 0.3 is 0 Å². The van der Waals surface area contributed by atoms with Crippen LogP contribution in [0.4, 0.5) is 0 Å². The average molecular weight is 230 g/mol. The number of para-hydroxylation sites is 1. The third-order valence-corrected chi connectivity index (χ3v) is 3.01. The molecule has 0 amide bonds. The second-order valence-electron chi connectivity index (χ2n) is 3.32. The van der Waals surface area contributed by atoms with Crippen LogP contribution in [0.25, 0.3) is 0 Å². The van der Waals surface area contributed by atoms with Gasteiger partial charge in [-0.1, -0.05) is 25.1 Å². The van der Waals surface area contributed by atoms with Crippen LogP contribution < -0.4 is 4.74 Å². The molecular weight excluding hydrogens is 216 g/mol. The molecule has 2 heteroatoms. The zero-order valence-electron chi connectivity index (χ0n) is 9.22. The predicted molar refractivity (Wildman–Crippen MR) is 69.4 cm³/mol. The van der Waals surface area contributed by atoms with Crippen LogP contribution in [-0.2, 0) is 0 Å². The van der Waals surface area contributed by atoms with Crippen molar-refractivity contribution in [3.8, 4) is 11.5 Å². The maximum absolute atomic E-state index is 5.70. The van der Waals surface area contributed by atoms with Crippen molar-refractivity contribution in [3.63, 3.8) is 0 Å². The summed E-state index contributed by atoms with van der Waals surface area (Å²) < 4.78 is 5.70. The minimum atomic E-state index is 0.874. The molecule has 0 aliphatic rings. The lowest BCUT2D eigenvalue weighted by atomic mass is 10.3. The molecule has 0 aliphatic heterocycles. The van der Waals surface area contributed by atoms with Crippen LogP contribution in [0.3, 0.4) is 0 Å². The number of hydrogen-bond donors (Lipinski definition) is 0. The van der Waals surface area contributed by atoms with E-state index in [4.69, 9.17) is 4.74 Å². The molecule has 16 heavy (non-hydrogen) atoms. The van der Waals surface area contributed by atoms with Gasteiger partial charge in [0.05, 0.1) is 0 Å². The summed E-state index contributed by atoms with van der Waals surface area (Å²) in [4.78, 5) is 1.28. The Morgan fingerprint density at radius 2 is 1.50 bits per heavy atom. The quantitative estimate of drug-likeness (QED) is 0.710. The summed E-state index contributed by atoms with van der Waals surface area (Å²) >= 11 is 1.83. The van der Waals surface area contributed by atoms with Crippen LogP contribution in [0.15, 0.2) is 59.5 Å². The van der Waals surface area contributed by atoms with Crippen molar-refractivity contribution < 1.29 is 4.74 Å². The molecule has 0 saturated heterocycles. The summed E-state index contributed by atoms with van der Waals surface area (Å²) in [6.07, 6.45) is 0. The molecule has 0 bridgehead atoms. The van der Waals surface area contributed by atoms with Gasteiger partial charge in [-0.05, 0) is 42.2 Å². The number of thioether (sulfide) groups is 1. The second-order valence-corrected chi connectivity index (χ2v) is 4.66. The molecule has 0 spiro atoms. The summed E-state index contributed by atoms with van der Waals surface area (Å²) in [6, 6.07) is 18.0. The van der Waals surface area contributed by atoms with Gasteiger partial charge in [0.15, 0.2) is 0 Å². The number of benzene rings is 2. The van der Waals surface area contributed by atoms with Gasteiger partial charge in [0.2, 0.25) is 0 Å². The summed E-state index contributed by atoms with van der Waals surface area (Å²) in [5.41, 5.74) is 0. The molecule has 82 valence electrons. The Hall–Kier alpha value is -1.41.